The second-order valence-electron chi connectivity index (χ2n) is 7.52. The number of anilines is 3. The molecule has 1 unspecified atom stereocenters. The van der Waals surface area contributed by atoms with Crippen molar-refractivity contribution in [3.63, 3.8) is 0 Å². The molecule has 31 heavy (non-hydrogen) atoms. The predicted octanol–water partition coefficient (Wildman–Crippen LogP) is 4.02. The van der Waals surface area contributed by atoms with Gasteiger partial charge in [-0.15, -0.1) is 0 Å². The largest absolute Gasteiger partial charge is 0.358 e. The Labute approximate surface area is 179 Å². The Morgan fingerprint density at radius 1 is 0.968 bits per heavy atom. The molecule has 1 atom stereocenters. The third-order valence-electron chi connectivity index (χ3n) is 5.17. The lowest BCUT2D eigenvalue weighted by molar-refractivity contribution is 0.362. The zero-order valence-electron chi connectivity index (χ0n) is 17.4. The van der Waals surface area contributed by atoms with Crippen molar-refractivity contribution in [3.8, 4) is 11.4 Å². The van der Waals surface area contributed by atoms with Gasteiger partial charge in [0.05, 0.1) is 11.7 Å². The van der Waals surface area contributed by atoms with E-state index in [9.17, 15) is 0 Å². The van der Waals surface area contributed by atoms with E-state index in [1.54, 1.807) is 12.4 Å². The van der Waals surface area contributed by atoms with Gasteiger partial charge in [-0.25, -0.2) is 15.0 Å². The van der Waals surface area contributed by atoms with E-state index in [1.807, 2.05) is 50.2 Å². The van der Waals surface area contributed by atoms with E-state index in [0.29, 0.717) is 17.7 Å². The standard InChI is InChI=1S/C22H22N8O/c1-14-8-10-24-21(25-14)27-20-12-15(2)26-22(28-20)30-11-5-7-18(30)19-13-17(29-31-19)16-6-3-4-9-23-16/h3-4,6,8-10,12-13,18H,5,7,11H2,1-2H3,(H,24,25,26,27,28). The number of aryl methyl sites for hydroxylation is 2. The van der Waals surface area contributed by atoms with Gasteiger partial charge in [-0.3, -0.25) is 4.98 Å². The molecular formula is C22H22N8O. The van der Waals surface area contributed by atoms with E-state index in [1.165, 1.54) is 0 Å². The first-order valence-corrected chi connectivity index (χ1v) is 10.2. The van der Waals surface area contributed by atoms with E-state index in [4.69, 9.17) is 9.51 Å². The highest BCUT2D eigenvalue weighted by Gasteiger charge is 2.32. The summed E-state index contributed by atoms with van der Waals surface area (Å²) >= 11 is 0. The topological polar surface area (TPSA) is 106 Å². The fourth-order valence-corrected chi connectivity index (χ4v) is 3.75. The van der Waals surface area contributed by atoms with E-state index < -0.39 is 0 Å². The maximum Gasteiger partial charge on any atom is 0.228 e. The van der Waals surface area contributed by atoms with Crippen LogP contribution in [0.25, 0.3) is 11.4 Å². The smallest absolute Gasteiger partial charge is 0.228 e. The molecule has 1 fully saturated rings. The van der Waals surface area contributed by atoms with Crippen LogP contribution in [0.1, 0.15) is 36.0 Å². The third-order valence-corrected chi connectivity index (χ3v) is 5.17. The maximum absolute atomic E-state index is 5.70. The molecule has 5 heterocycles. The van der Waals surface area contributed by atoms with Crippen molar-refractivity contribution in [2.24, 2.45) is 0 Å². The van der Waals surface area contributed by atoms with Gasteiger partial charge in [0.2, 0.25) is 11.9 Å². The number of hydrogen-bond donors (Lipinski definition) is 1. The molecule has 1 aliphatic rings. The van der Waals surface area contributed by atoms with E-state index in [2.05, 4.69) is 35.3 Å². The SMILES string of the molecule is Cc1ccnc(Nc2cc(C)nc(N3CCCC3c3cc(-c4ccccn4)no3)n2)n1. The molecule has 9 heteroatoms. The lowest BCUT2D eigenvalue weighted by Crippen LogP contribution is -2.25. The number of pyridine rings is 1. The van der Waals surface area contributed by atoms with Gasteiger partial charge in [-0.2, -0.15) is 4.98 Å². The number of nitrogens with one attached hydrogen (secondary N) is 1. The van der Waals surface area contributed by atoms with Crippen LogP contribution >= 0.6 is 0 Å². The van der Waals surface area contributed by atoms with Crippen molar-refractivity contribution in [2.75, 3.05) is 16.8 Å². The van der Waals surface area contributed by atoms with Crippen LogP contribution in [0.3, 0.4) is 0 Å². The normalized spacial score (nSPS) is 15.9. The Kier molecular flexibility index (Phi) is 4.99. The first kappa shape index (κ1) is 19.1. The quantitative estimate of drug-likeness (QED) is 0.518. The highest BCUT2D eigenvalue weighted by Crippen LogP contribution is 2.36. The molecule has 1 N–H and O–H groups in total. The second-order valence-corrected chi connectivity index (χ2v) is 7.52. The van der Waals surface area contributed by atoms with Crippen LogP contribution in [0.5, 0.6) is 0 Å². The van der Waals surface area contributed by atoms with Crippen LogP contribution in [-0.4, -0.2) is 36.6 Å². The zero-order valence-corrected chi connectivity index (χ0v) is 17.4. The summed E-state index contributed by atoms with van der Waals surface area (Å²) in [6.45, 7) is 4.72. The number of rotatable bonds is 5. The Hall–Kier alpha value is -3.88. The lowest BCUT2D eigenvalue weighted by atomic mass is 10.1. The highest BCUT2D eigenvalue weighted by molar-refractivity contribution is 5.55. The molecule has 1 saturated heterocycles. The van der Waals surface area contributed by atoms with Crippen LogP contribution in [0.2, 0.25) is 0 Å². The predicted molar refractivity (Wildman–Crippen MR) is 116 cm³/mol. The molecular weight excluding hydrogens is 392 g/mol. The minimum Gasteiger partial charge on any atom is -0.358 e. The van der Waals surface area contributed by atoms with Gasteiger partial charge in [0, 0.05) is 42.5 Å². The van der Waals surface area contributed by atoms with Crippen molar-refractivity contribution >= 4 is 17.7 Å². The molecule has 0 spiro atoms. The molecule has 1 aliphatic heterocycles. The monoisotopic (exact) mass is 414 g/mol. The average molecular weight is 414 g/mol. The van der Waals surface area contributed by atoms with Crippen molar-refractivity contribution in [1.29, 1.82) is 0 Å². The zero-order chi connectivity index (χ0) is 21.2. The molecule has 4 aromatic rings. The molecule has 9 nitrogen and oxygen atoms in total. The van der Waals surface area contributed by atoms with Gasteiger partial charge < -0.3 is 14.7 Å². The molecule has 0 radical (unpaired) electrons. The fourth-order valence-electron chi connectivity index (χ4n) is 3.75. The summed E-state index contributed by atoms with van der Waals surface area (Å²) in [6.07, 6.45) is 5.43. The Bertz CT molecular complexity index is 1190. The molecule has 5 rings (SSSR count). The second kappa shape index (κ2) is 8.10. The van der Waals surface area contributed by atoms with Gasteiger partial charge in [0.1, 0.15) is 11.5 Å². The van der Waals surface area contributed by atoms with Crippen LogP contribution in [0, 0.1) is 13.8 Å². The summed E-state index contributed by atoms with van der Waals surface area (Å²) in [5, 5.41) is 7.41. The van der Waals surface area contributed by atoms with Crippen LogP contribution in [0.4, 0.5) is 17.7 Å². The first-order valence-electron chi connectivity index (χ1n) is 10.2. The summed E-state index contributed by atoms with van der Waals surface area (Å²) in [7, 11) is 0. The van der Waals surface area contributed by atoms with Crippen LogP contribution in [-0.2, 0) is 0 Å². The molecule has 0 bridgehead atoms. The van der Waals surface area contributed by atoms with Gasteiger partial charge in [0.25, 0.3) is 0 Å². The van der Waals surface area contributed by atoms with Crippen molar-refractivity contribution in [1.82, 2.24) is 30.1 Å². The molecule has 0 aliphatic carbocycles. The first-order chi connectivity index (χ1) is 15.2. The Balaban J connectivity index is 1.42. The van der Waals surface area contributed by atoms with Crippen LogP contribution in [0.15, 0.2) is 53.3 Å². The number of aromatic nitrogens is 6. The van der Waals surface area contributed by atoms with E-state index in [-0.39, 0.29) is 6.04 Å². The van der Waals surface area contributed by atoms with Gasteiger partial charge in [0.15, 0.2) is 5.76 Å². The average Bonchev–Trinajstić information content (AvgIpc) is 3.44. The van der Waals surface area contributed by atoms with E-state index in [0.717, 1.165) is 47.9 Å². The Morgan fingerprint density at radius 2 is 1.90 bits per heavy atom. The third kappa shape index (κ3) is 4.07. The summed E-state index contributed by atoms with van der Waals surface area (Å²) < 4.78 is 5.70. The highest BCUT2D eigenvalue weighted by atomic mass is 16.5. The molecule has 0 saturated carbocycles. The molecule has 0 amide bonds. The number of hydrogen-bond acceptors (Lipinski definition) is 9. The Morgan fingerprint density at radius 3 is 2.74 bits per heavy atom. The summed E-state index contributed by atoms with van der Waals surface area (Å²) in [6, 6.07) is 11.5. The van der Waals surface area contributed by atoms with Gasteiger partial charge in [-0.05, 0) is 44.9 Å². The molecule has 4 aromatic heterocycles. The van der Waals surface area contributed by atoms with Crippen molar-refractivity contribution in [2.45, 2.75) is 32.7 Å². The summed E-state index contributed by atoms with van der Waals surface area (Å²) in [4.78, 5) is 24.6. The fraction of sp³-hybridized carbons (Fsp3) is 0.273. The van der Waals surface area contributed by atoms with E-state index >= 15 is 0 Å². The summed E-state index contributed by atoms with van der Waals surface area (Å²) in [5.74, 6) is 2.61. The van der Waals surface area contributed by atoms with Gasteiger partial charge >= 0.3 is 0 Å². The lowest BCUT2D eigenvalue weighted by Gasteiger charge is -2.23. The van der Waals surface area contributed by atoms with Gasteiger partial charge in [-0.1, -0.05) is 11.2 Å². The van der Waals surface area contributed by atoms with Crippen molar-refractivity contribution in [3.05, 3.63) is 65.9 Å². The van der Waals surface area contributed by atoms with Crippen LogP contribution < -0.4 is 10.2 Å². The summed E-state index contributed by atoms with van der Waals surface area (Å²) in [5.41, 5.74) is 3.26. The minimum absolute atomic E-state index is 0.0230. The molecule has 156 valence electrons. The number of nitrogens with zero attached hydrogens (tertiary/aromatic N) is 7. The maximum atomic E-state index is 5.70. The molecule has 0 aromatic carbocycles. The van der Waals surface area contributed by atoms with Crippen molar-refractivity contribution < 1.29 is 4.52 Å². The minimum atomic E-state index is 0.0230.